The lowest BCUT2D eigenvalue weighted by molar-refractivity contribution is 0.0339. The molecule has 4 heteroatoms. The topological polar surface area (TPSA) is 45.3 Å². The molecule has 0 amide bonds. The number of esters is 1. The molecule has 1 aliphatic heterocycles. The Morgan fingerprint density at radius 2 is 1.86 bits per heavy atom. The molecule has 2 heterocycles. The van der Waals surface area contributed by atoms with Gasteiger partial charge in [0.25, 0.3) is 0 Å². The van der Waals surface area contributed by atoms with Crippen molar-refractivity contribution in [2.24, 2.45) is 0 Å². The monoisotopic (exact) mass is 390 g/mol. The van der Waals surface area contributed by atoms with Gasteiger partial charge < -0.3 is 14.6 Å². The number of ether oxygens (including phenoxy) is 1. The zero-order valence-corrected chi connectivity index (χ0v) is 17.4. The van der Waals surface area contributed by atoms with Crippen molar-refractivity contribution >= 4 is 16.9 Å². The van der Waals surface area contributed by atoms with Crippen LogP contribution in [-0.2, 0) is 11.2 Å². The van der Waals surface area contributed by atoms with E-state index in [0.29, 0.717) is 5.56 Å². The fourth-order valence-corrected chi connectivity index (χ4v) is 4.27. The van der Waals surface area contributed by atoms with Crippen molar-refractivity contribution in [1.82, 2.24) is 9.88 Å². The van der Waals surface area contributed by atoms with Gasteiger partial charge in [-0.05, 0) is 69.5 Å². The first kappa shape index (κ1) is 19.7. The molecule has 1 atom stereocenters. The van der Waals surface area contributed by atoms with Crippen molar-refractivity contribution in [3.05, 3.63) is 70.9 Å². The summed E-state index contributed by atoms with van der Waals surface area (Å²) in [5.41, 5.74) is 4.78. The van der Waals surface area contributed by atoms with Crippen LogP contribution < -0.4 is 0 Å². The minimum Gasteiger partial charge on any atom is -0.454 e. The SMILES string of the molecule is Cc1[nH]c2ccc(CCN3CCCCC3)cc2c1C(=O)OC(C)c1ccccc1. The number of aromatic nitrogens is 1. The predicted octanol–water partition coefficient (Wildman–Crippen LogP) is 5.42. The van der Waals surface area contributed by atoms with E-state index in [2.05, 4.69) is 28.1 Å². The Hall–Kier alpha value is -2.59. The molecule has 0 aliphatic carbocycles. The fraction of sp³-hybridized carbons (Fsp3) is 0.400. The fourth-order valence-electron chi connectivity index (χ4n) is 4.27. The Kier molecular flexibility index (Phi) is 6.00. The second kappa shape index (κ2) is 8.83. The first-order chi connectivity index (χ1) is 14.1. The van der Waals surface area contributed by atoms with Crippen LogP contribution >= 0.6 is 0 Å². The Labute approximate surface area is 172 Å². The molecule has 1 fully saturated rings. The first-order valence-corrected chi connectivity index (χ1v) is 10.7. The van der Waals surface area contributed by atoms with Gasteiger partial charge in [0.1, 0.15) is 6.10 Å². The van der Waals surface area contributed by atoms with Gasteiger partial charge in [0, 0.05) is 23.1 Å². The Morgan fingerprint density at radius 3 is 2.62 bits per heavy atom. The van der Waals surface area contributed by atoms with Gasteiger partial charge in [0.15, 0.2) is 0 Å². The maximum absolute atomic E-state index is 13.0. The third-order valence-electron chi connectivity index (χ3n) is 5.97. The molecular weight excluding hydrogens is 360 g/mol. The maximum Gasteiger partial charge on any atom is 0.341 e. The van der Waals surface area contributed by atoms with E-state index in [-0.39, 0.29) is 12.1 Å². The summed E-state index contributed by atoms with van der Waals surface area (Å²) in [5, 5.41) is 0.962. The average molecular weight is 391 g/mol. The Morgan fingerprint density at radius 1 is 1.10 bits per heavy atom. The number of benzene rings is 2. The van der Waals surface area contributed by atoms with Gasteiger partial charge in [-0.15, -0.1) is 0 Å². The standard InChI is InChI=1S/C25H30N2O2/c1-18-24(25(28)29-19(2)21-9-5-3-6-10-21)22-17-20(11-12-23(22)26-18)13-16-27-14-7-4-8-15-27/h3,5-6,9-12,17,19,26H,4,7-8,13-16H2,1-2H3. The van der Waals surface area contributed by atoms with Gasteiger partial charge in [-0.2, -0.15) is 0 Å². The van der Waals surface area contributed by atoms with Crippen molar-refractivity contribution < 1.29 is 9.53 Å². The highest BCUT2D eigenvalue weighted by Crippen LogP contribution is 2.27. The Balaban J connectivity index is 1.52. The number of H-pyrrole nitrogens is 1. The largest absolute Gasteiger partial charge is 0.454 e. The van der Waals surface area contributed by atoms with E-state index >= 15 is 0 Å². The molecule has 3 aromatic rings. The zero-order valence-electron chi connectivity index (χ0n) is 17.4. The predicted molar refractivity (Wildman–Crippen MR) is 117 cm³/mol. The number of hydrogen-bond acceptors (Lipinski definition) is 3. The smallest absolute Gasteiger partial charge is 0.341 e. The van der Waals surface area contributed by atoms with Crippen LogP contribution in [0.1, 0.15) is 59.5 Å². The van der Waals surface area contributed by atoms with E-state index in [1.54, 1.807) is 0 Å². The minimum atomic E-state index is -0.282. The lowest BCUT2D eigenvalue weighted by Crippen LogP contribution is -2.31. The summed E-state index contributed by atoms with van der Waals surface area (Å²) in [6, 6.07) is 16.3. The van der Waals surface area contributed by atoms with Crippen molar-refractivity contribution in [1.29, 1.82) is 0 Å². The van der Waals surface area contributed by atoms with Gasteiger partial charge in [-0.3, -0.25) is 0 Å². The van der Waals surface area contributed by atoms with Crippen LogP contribution in [-0.4, -0.2) is 35.5 Å². The van der Waals surface area contributed by atoms with Crippen molar-refractivity contribution in [3.8, 4) is 0 Å². The molecule has 1 saturated heterocycles. The number of fused-ring (bicyclic) bond motifs is 1. The number of nitrogens with zero attached hydrogens (tertiary/aromatic N) is 1. The second-order valence-electron chi connectivity index (χ2n) is 8.12. The highest BCUT2D eigenvalue weighted by Gasteiger charge is 2.21. The molecule has 0 bridgehead atoms. The number of aromatic amines is 1. The van der Waals surface area contributed by atoms with Crippen LogP contribution in [0.3, 0.4) is 0 Å². The quantitative estimate of drug-likeness (QED) is 0.571. The van der Waals surface area contributed by atoms with E-state index in [4.69, 9.17) is 4.74 Å². The molecule has 29 heavy (non-hydrogen) atoms. The lowest BCUT2D eigenvalue weighted by Gasteiger charge is -2.26. The van der Waals surface area contributed by atoms with Crippen LogP contribution in [0, 0.1) is 6.92 Å². The number of likely N-dealkylation sites (tertiary alicyclic amines) is 1. The third kappa shape index (κ3) is 4.54. The number of carbonyl (C=O) groups is 1. The molecule has 4 nitrogen and oxygen atoms in total. The van der Waals surface area contributed by atoms with Crippen molar-refractivity contribution in [2.75, 3.05) is 19.6 Å². The number of aryl methyl sites for hydroxylation is 1. The van der Waals surface area contributed by atoms with Crippen LogP contribution in [0.15, 0.2) is 48.5 Å². The first-order valence-electron chi connectivity index (χ1n) is 10.7. The summed E-state index contributed by atoms with van der Waals surface area (Å²) < 4.78 is 5.80. The summed E-state index contributed by atoms with van der Waals surface area (Å²) in [5.74, 6) is -0.265. The zero-order chi connectivity index (χ0) is 20.2. The maximum atomic E-state index is 13.0. The molecule has 152 valence electrons. The summed E-state index contributed by atoms with van der Waals surface area (Å²) >= 11 is 0. The molecule has 0 radical (unpaired) electrons. The molecule has 1 aromatic heterocycles. The highest BCUT2D eigenvalue weighted by atomic mass is 16.5. The third-order valence-corrected chi connectivity index (χ3v) is 5.97. The number of carbonyl (C=O) groups excluding carboxylic acids is 1. The summed E-state index contributed by atoms with van der Waals surface area (Å²) in [6.07, 6.45) is 4.71. The van der Waals surface area contributed by atoms with Gasteiger partial charge >= 0.3 is 5.97 Å². The molecular formula is C25H30N2O2. The van der Waals surface area contributed by atoms with Gasteiger partial charge in [-0.25, -0.2) is 4.79 Å². The van der Waals surface area contributed by atoms with E-state index in [9.17, 15) is 4.79 Å². The number of piperidine rings is 1. The molecule has 2 aromatic carbocycles. The van der Waals surface area contributed by atoms with Crippen molar-refractivity contribution in [2.45, 2.75) is 45.6 Å². The van der Waals surface area contributed by atoms with Crippen LogP contribution in [0.2, 0.25) is 0 Å². The van der Waals surface area contributed by atoms with E-state index in [1.165, 1.54) is 37.9 Å². The Bertz CT molecular complexity index is 971. The summed E-state index contributed by atoms with van der Waals surface area (Å²) in [6.45, 7) is 7.36. The molecule has 1 unspecified atom stereocenters. The van der Waals surface area contributed by atoms with Gasteiger partial charge in [0.05, 0.1) is 5.56 Å². The lowest BCUT2D eigenvalue weighted by atomic mass is 10.0. The number of rotatable bonds is 6. The average Bonchev–Trinajstić information content (AvgIpc) is 3.08. The van der Waals surface area contributed by atoms with E-state index in [1.807, 2.05) is 44.2 Å². The molecule has 1 N–H and O–H groups in total. The van der Waals surface area contributed by atoms with Crippen LogP contribution in [0.5, 0.6) is 0 Å². The summed E-state index contributed by atoms with van der Waals surface area (Å²) in [7, 11) is 0. The molecule has 4 rings (SSSR count). The van der Waals surface area contributed by atoms with E-state index < -0.39 is 0 Å². The second-order valence-corrected chi connectivity index (χ2v) is 8.12. The van der Waals surface area contributed by atoms with Gasteiger partial charge in [0.2, 0.25) is 0 Å². The summed E-state index contributed by atoms with van der Waals surface area (Å²) in [4.78, 5) is 18.9. The minimum absolute atomic E-state index is 0.265. The van der Waals surface area contributed by atoms with Gasteiger partial charge in [-0.1, -0.05) is 42.8 Å². The van der Waals surface area contributed by atoms with Crippen LogP contribution in [0.25, 0.3) is 10.9 Å². The molecule has 0 saturated carbocycles. The van der Waals surface area contributed by atoms with Crippen molar-refractivity contribution in [3.63, 3.8) is 0 Å². The highest BCUT2D eigenvalue weighted by molar-refractivity contribution is 6.05. The number of nitrogens with one attached hydrogen (secondary N) is 1. The molecule has 1 aliphatic rings. The number of hydrogen-bond donors (Lipinski definition) is 1. The normalized spacial score (nSPS) is 16.1. The van der Waals surface area contributed by atoms with Crippen LogP contribution in [0.4, 0.5) is 0 Å². The van der Waals surface area contributed by atoms with E-state index in [0.717, 1.165) is 35.1 Å². The molecule has 0 spiro atoms.